The molecule has 4 nitrogen and oxygen atoms in total. The van der Waals surface area contributed by atoms with Crippen molar-refractivity contribution in [2.45, 2.75) is 58.2 Å². The van der Waals surface area contributed by atoms with Crippen molar-refractivity contribution < 1.29 is 9.53 Å². The molecule has 122 valence electrons. The van der Waals surface area contributed by atoms with E-state index in [4.69, 9.17) is 4.74 Å². The van der Waals surface area contributed by atoms with Crippen LogP contribution in [0, 0.1) is 0 Å². The lowest BCUT2D eigenvalue weighted by Gasteiger charge is -2.46. The van der Waals surface area contributed by atoms with Crippen LogP contribution < -0.4 is 5.32 Å². The van der Waals surface area contributed by atoms with Gasteiger partial charge in [-0.25, -0.2) is 4.79 Å². The Morgan fingerprint density at radius 3 is 2.55 bits per heavy atom. The Morgan fingerprint density at radius 2 is 1.95 bits per heavy atom. The minimum Gasteiger partial charge on any atom is -0.374 e. The van der Waals surface area contributed by atoms with Gasteiger partial charge in [0.2, 0.25) is 0 Å². The second kappa shape index (κ2) is 6.29. The van der Waals surface area contributed by atoms with E-state index in [1.165, 1.54) is 5.56 Å². The summed E-state index contributed by atoms with van der Waals surface area (Å²) in [5.74, 6) is 0. The van der Waals surface area contributed by atoms with Crippen molar-refractivity contribution in [2.24, 2.45) is 0 Å². The third-order valence-electron chi connectivity index (χ3n) is 3.82. The Bertz CT molecular complexity index is 506. The number of morpholine rings is 1. The minimum absolute atomic E-state index is 0.0149. The molecule has 0 spiro atoms. The Kier molecular flexibility index (Phi) is 4.81. The van der Waals surface area contributed by atoms with Gasteiger partial charge in [0.25, 0.3) is 0 Å². The summed E-state index contributed by atoms with van der Waals surface area (Å²) in [7, 11) is 0. The smallest absolute Gasteiger partial charge is 0.318 e. The predicted molar refractivity (Wildman–Crippen MR) is 89.0 cm³/mol. The van der Waals surface area contributed by atoms with Crippen LogP contribution in [0.3, 0.4) is 0 Å². The molecule has 2 rings (SSSR count). The highest BCUT2D eigenvalue weighted by atomic mass is 16.5. The lowest BCUT2D eigenvalue weighted by Crippen LogP contribution is -2.62. The topological polar surface area (TPSA) is 41.6 Å². The first kappa shape index (κ1) is 16.8. The number of amides is 2. The quantitative estimate of drug-likeness (QED) is 0.911. The molecule has 1 saturated heterocycles. The van der Waals surface area contributed by atoms with E-state index in [2.05, 4.69) is 17.4 Å². The fourth-order valence-electron chi connectivity index (χ4n) is 2.65. The average Bonchev–Trinajstić information content (AvgIpc) is 2.40. The van der Waals surface area contributed by atoms with E-state index < -0.39 is 0 Å². The molecule has 22 heavy (non-hydrogen) atoms. The van der Waals surface area contributed by atoms with E-state index in [-0.39, 0.29) is 23.2 Å². The maximum Gasteiger partial charge on any atom is 0.318 e. The summed E-state index contributed by atoms with van der Waals surface area (Å²) in [6.45, 7) is 11.3. The fraction of sp³-hybridized carbons (Fsp3) is 0.611. The molecule has 1 N–H and O–H groups in total. The molecule has 1 aliphatic rings. The van der Waals surface area contributed by atoms with Crippen LogP contribution in [0.25, 0.3) is 0 Å². The van der Waals surface area contributed by atoms with Crippen LogP contribution in [0.15, 0.2) is 30.3 Å². The van der Waals surface area contributed by atoms with E-state index in [1.54, 1.807) is 0 Å². The van der Waals surface area contributed by atoms with Gasteiger partial charge in [-0.2, -0.15) is 0 Å². The molecule has 1 atom stereocenters. The number of urea groups is 1. The van der Waals surface area contributed by atoms with Crippen LogP contribution in [-0.4, -0.2) is 41.3 Å². The van der Waals surface area contributed by atoms with Crippen molar-refractivity contribution in [3.05, 3.63) is 35.9 Å². The summed E-state index contributed by atoms with van der Waals surface area (Å²) < 4.78 is 5.99. The van der Waals surface area contributed by atoms with E-state index in [9.17, 15) is 4.79 Å². The number of nitrogens with one attached hydrogen (secondary N) is 1. The molecule has 1 fully saturated rings. The third-order valence-corrected chi connectivity index (χ3v) is 3.82. The highest BCUT2D eigenvalue weighted by Gasteiger charge is 2.38. The molecule has 4 heteroatoms. The number of carbonyl (C=O) groups is 1. The first-order valence-electron chi connectivity index (χ1n) is 7.93. The van der Waals surface area contributed by atoms with Crippen LogP contribution in [0.4, 0.5) is 4.79 Å². The van der Waals surface area contributed by atoms with Gasteiger partial charge in [-0.05, 0) is 40.2 Å². The third kappa shape index (κ3) is 4.47. The molecular formula is C18H28N2O2. The lowest BCUT2D eigenvalue weighted by atomic mass is 9.98. The summed E-state index contributed by atoms with van der Waals surface area (Å²) in [6, 6.07) is 10.3. The molecule has 0 radical (unpaired) electrons. The van der Waals surface area contributed by atoms with Crippen molar-refractivity contribution in [3.8, 4) is 0 Å². The number of benzene rings is 1. The van der Waals surface area contributed by atoms with Gasteiger partial charge in [0, 0.05) is 18.5 Å². The number of rotatable bonds is 2. The number of nitrogens with zero attached hydrogens (tertiary/aromatic N) is 1. The summed E-state index contributed by atoms with van der Waals surface area (Å²) >= 11 is 0. The van der Waals surface area contributed by atoms with Crippen LogP contribution >= 0.6 is 0 Å². The SMILES string of the molecule is CC(C)(C)NC(=O)N1CC(Cc2ccccc2)OCC1(C)C. The lowest BCUT2D eigenvalue weighted by molar-refractivity contribution is -0.0784. The van der Waals surface area contributed by atoms with E-state index in [1.807, 2.05) is 57.7 Å². The van der Waals surface area contributed by atoms with Crippen molar-refractivity contribution in [2.75, 3.05) is 13.2 Å². The zero-order valence-corrected chi connectivity index (χ0v) is 14.3. The molecule has 0 bridgehead atoms. The standard InChI is InChI=1S/C18H28N2O2/c1-17(2,3)19-16(21)20-12-15(22-13-18(20,4)5)11-14-9-7-6-8-10-14/h6-10,15H,11-13H2,1-5H3,(H,19,21). The zero-order chi connectivity index (χ0) is 16.4. The van der Waals surface area contributed by atoms with Gasteiger partial charge in [-0.15, -0.1) is 0 Å². The molecule has 0 aromatic heterocycles. The molecule has 1 aliphatic heterocycles. The van der Waals surface area contributed by atoms with Gasteiger partial charge < -0.3 is 15.0 Å². The summed E-state index contributed by atoms with van der Waals surface area (Å²) in [5.41, 5.74) is 0.714. The van der Waals surface area contributed by atoms with Gasteiger partial charge in [-0.1, -0.05) is 30.3 Å². The number of ether oxygens (including phenoxy) is 1. The van der Waals surface area contributed by atoms with E-state index in [0.29, 0.717) is 13.2 Å². The van der Waals surface area contributed by atoms with E-state index >= 15 is 0 Å². The van der Waals surface area contributed by atoms with Crippen LogP contribution in [0.2, 0.25) is 0 Å². The molecule has 0 aliphatic carbocycles. The van der Waals surface area contributed by atoms with Crippen molar-refractivity contribution in [3.63, 3.8) is 0 Å². The fourth-order valence-corrected chi connectivity index (χ4v) is 2.65. The van der Waals surface area contributed by atoms with Crippen LogP contribution in [-0.2, 0) is 11.2 Å². The van der Waals surface area contributed by atoms with Gasteiger partial charge in [0.15, 0.2) is 0 Å². The molecule has 1 heterocycles. The second-order valence-electron chi connectivity index (χ2n) is 7.73. The first-order valence-corrected chi connectivity index (χ1v) is 7.93. The summed E-state index contributed by atoms with van der Waals surface area (Å²) in [6.07, 6.45) is 0.872. The number of carbonyl (C=O) groups excluding carboxylic acids is 1. The van der Waals surface area contributed by atoms with Crippen LogP contribution in [0.1, 0.15) is 40.2 Å². The zero-order valence-electron chi connectivity index (χ0n) is 14.3. The first-order chi connectivity index (χ1) is 10.2. The Labute approximate surface area is 133 Å². The predicted octanol–water partition coefficient (Wildman–Crippen LogP) is 3.22. The summed E-state index contributed by atoms with van der Waals surface area (Å²) in [5, 5.41) is 3.06. The molecule has 2 amide bonds. The molecule has 1 aromatic rings. The summed E-state index contributed by atoms with van der Waals surface area (Å²) in [4.78, 5) is 14.5. The normalized spacial score (nSPS) is 21.5. The number of hydrogen-bond acceptors (Lipinski definition) is 2. The highest BCUT2D eigenvalue weighted by molar-refractivity contribution is 5.76. The van der Waals surface area contributed by atoms with Gasteiger partial charge >= 0.3 is 6.03 Å². The number of hydrogen-bond donors (Lipinski definition) is 1. The Balaban J connectivity index is 2.05. The van der Waals surface area contributed by atoms with Crippen LogP contribution in [0.5, 0.6) is 0 Å². The van der Waals surface area contributed by atoms with Gasteiger partial charge in [-0.3, -0.25) is 0 Å². The van der Waals surface area contributed by atoms with Crippen molar-refractivity contribution in [1.82, 2.24) is 10.2 Å². The van der Waals surface area contributed by atoms with Crippen molar-refractivity contribution >= 4 is 6.03 Å². The Hall–Kier alpha value is -1.55. The minimum atomic E-state index is -0.289. The average molecular weight is 304 g/mol. The molecule has 1 unspecified atom stereocenters. The maximum absolute atomic E-state index is 12.6. The monoisotopic (exact) mass is 304 g/mol. The molecule has 1 aromatic carbocycles. The highest BCUT2D eigenvalue weighted by Crippen LogP contribution is 2.24. The maximum atomic E-state index is 12.6. The van der Waals surface area contributed by atoms with Gasteiger partial charge in [0.1, 0.15) is 0 Å². The second-order valence-corrected chi connectivity index (χ2v) is 7.73. The largest absolute Gasteiger partial charge is 0.374 e. The Morgan fingerprint density at radius 1 is 1.32 bits per heavy atom. The molecular weight excluding hydrogens is 276 g/mol. The molecule has 0 saturated carbocycles. The van der Waals surface area contributed by atoms with E-state index in [0.717, 1.165) is 6.42 Å². The van der Waals surface area contributed by atoms with Gasteiger partial charge in [0.05, 0.1) is 18.2 Å². The van der Waals surface area contributed by atoms with Crippen molar-refractivity contribution in [1.29, 1.82) is 0 Å².